The highest BCUT2D eigenvalue weighted by Crippen LogP contribution is 2.18. The van der Waals surface area contributed by atoms with Crippen LogP contribution in [0.15, 0.2) is 6.07 Å². The third-order valence-corrected chi connectivity index (χ3v) is 2.98. The molecule has 0 radical (unpaired) electrons. The van der Waals surface area contributed by atoms with Gasteiger partial charge in [-0.3, -0.25) is 0 Å². The van der Waals surface area contributed by atoms with Crippen LogP contribution in [-0.2, 0) is 10.0 Å². The number of hydrogen-bond donors (Lipinski definition) is 3. The van der Waals surface area contributed by atoms with Crippen LogP contribution in [-0.4, -0.2) is 39.3 Å². The minimum Gasteiger partial charge on any atom is -0.368 e. The number of pyridine rings is 1. The first-order valence-electron chi connectivity index (χ1n) is 6.12. The van der Waals surface area contributed by atoms with Gasteiger partial charge in [0.2, 0.25) is 10.0 Å². The van der Waals surface area contributed by atoms with E-state index in [1.165, 1.54) is 0 Å². The first kappa shape index (κ1) is 16.6. The number of halogens is 2. The van der Waals surface area contributed by atoms with Gasteiger partial charge in [0, 0.05) is 25.7 Å². The zero-order valence-corrected chi connectivity index (χ0v) is 12.2. The van der Waals surface area contributed by atoms with Crippen molar-refractivity contribution in [2.75, 3.05) is 36.5 Å². The third kappa shape index (κ3) is 5.66. The monoisotopic (exact) mass is 308 g/mol. The summed E-state index contributed by atoms with van der Waals surface area (Å²) in [6, 6.07) is 0.733. The second kappa shape index (κ2) is 7.34. The van der Waals surface area contributed by atoms with Gasteiger partial charge in [0.05, 0.1) is 6.26 Å². The van der Waals surface area contributed by atoms with Crippen molar-refractivity contribution in [1.82, 2.24) is 9.71 Å². The molecule has 1 aromatic heterocycles. The maximum Gasteiger partial charge on any atom is 0.208 e. The van der Waals surface area contributed by atoms with Crippen LogP contribution in [0, 0.1) is 11.6 Å². The van der Waals surface area contributed by atoms with Crippen molar-refractivity contribution in [3.05, 3.63) is 17.7 Å². The minimum absolute atomic E-state index is 0.0353. The molecule has 6 nitrogen and oxygen atoms in total. The zero-order chi connectivity index (χ0) is 15.2. The van der Waals surface area contributed by atoms with Crippen molar-refractivity contribution in [3.63, 3.8) is 0 Å². The summed E-state index contributed by atoms with van der Waals surface area (Å²) in [4.78, 5) is 3.79. The number of anilines is 2. The van der Waals surface area contributed by atoms with Crippen LogP contribution in [0.5, 0.6) is 0 Å². The van der Waals surface area contributed by atoms with Gasteiger partial charge in [-0.15, -0.1) is 0 Å². The summed E-state index contributed by atoms with van der Waals surface area (Å²) in [7, 11) is -3.29. The number of hydrogen-bond acceptors (Lipinski definition) is 5. The molecule has 0 spiro atoms. The predicted octanol–water partition coefficient (Wildman–Crippen LogP) is 1.14. The van der Waals surface area contributed by atoms with E-state index in [2.05, 4.69) is 20.3 Å². The van der Waals surface area contributed by atoms with Crippen LogP contribution < -0.4 is 15.4 Å². The molecule has 0 atom stereocenters. The fourth-order valence-electron chi connectivity index (χ4n) is 1.38. The highest BCUT2D eigenvalue weighted by atomic mass is 32.2. The van der Waals surface area contributed by atoms with Gasteiger partial charge < -0.3 is 10.6 Å². The summed E-state index contributed by atoms with van der Waals surface area (Å²) < 4.78 is 50.8. The molecule has 0 unspecified atom stereocenters. The molecule has 0 saturated heterocycles. The molecule has 1 heterocycles. The molecule has 0 saturated carbocycles. The highest BCUT2D eigenvalue weighted by Gasteiger charge is 2.11. The van der Waals surface area contributed by atoms with E-state index in [9.17, 15) is 17.2 Å². The molecule has 0 fully saturated rings. The van der Waals surface area contributed by atoms with E-state index in [1.807, 2.05) is 6.92 Å². The van der Waals surface area contributed by atoms with Crippen molar-refractivity contribution in [1.29, 1.82) is 0 Å². The molecular formula is C11H18F2N4O2S. The topological polar surface area (TPSA) is 83.1 Å². The van der Waals surface area contributed by atoms with Crippen molar-refractivity contribution in [3.8, 4) is 0 Å². The quantitative estimate of drug-likeness (QED) is 0.627. The van der Waals surface area contributed by atoms with Gasteiger partial charge in [0.15, 0.2) is 23.3 Å². The van der Waals surface area contributed by atoms with Crippen molar-refractivity contribution in [2.45, 2.75) is 13.3 Å². The van der Waals surface area contributed by atoms with Crippen LogP contribution in [0.3, 0.4) is 0 Å². The molecule has 0 amide bonds. The lowest BCUT2D eigenvalue weighted by molar-refractivity contribution is 0.577. The van der Waals surface area contributed by atoms with Gasteiger partial charge in [-0.1, -0.05) is 6.92 Å². The average Bonchev–Trinajstić information content (AvgIpc) is 2.34. The number of aromatic nitrogens is 1. The molecule has 0 aliphatic carbocycles. The maximum absolute atomic E-state index is 13.5. The van der Waals surface area contributed by atoms with Crippen molar-refractivity contribution in [2.24, 2.45) is 0 Å². The molecule has 0 aliphatic rings. The molecule has 1 rings (SSSR count). The molecule has 0 aromatic carbocycles. The highest BCUT2D eigenvalue weighted by molar-refractivity contribution is 7.88. The first-order chi connectivity index (χ1) is 9.33. The van der Waals surface area contributed by atoms with Crippen LogP contribution in [0.4, 0.5) is 20.4 Å². The Labute approximate surface area is 117 Å². The fraction of sp³-hybridized carbons (Fsp3) is 0.545. The lowest BCUT2D eigenvalue weighted by Crippen LogP contribution is -2.28. The van der Waals surface area contributed by atoms with E-state index >= 15 is 0 Å². The zero-order valence-electron chi connectivity index (χ0n) is 11.3. The largest absolute Gasteiger partial charge is 0.368 e. The van der Waals surface area contributed by atoms with E-state index in [4.69, 9.17) is 0 Å². The van der Waals surface area contributed by atoms with Gasteiger partial charge in [-0.2, -0.15) is 0 Å². The van der Waals surface area contributed by atoms with Gasteiger partial charge in [-0.05, 0) is 6.42 Å². The lowest BCUT2D eigenvalue weighted by Gasteiger charge is -2.10. The van der Waals surface area contributed by atoms with Crippen LogP contribution in [0.25, 0.3) is 0 Å². The second-order valence-corrected chi connectivity index (χ2v) is 6.00. The Balaban J connectivity index is 2.64. The summed E-state index contributed by atoms with van der Waals surface area (Å²) in [5, 5.41) is 5.35. The Kier molecular flexibility index (Phi) is 6.08. The molecule has 3 N–H and O–H groups in total. The Hall–Kier alpha value is -1.48. The Bertz CT molecular complexity index is 552. The summed E-state index contributed by atoms with van der Waals surface area (Å²) in [6.45, 7) is 2.64. The van der Waals surface area contributed by atoms with Gasteiger partial charge >= 0.3 is 0 Å². The first-order valence-corrected chi connectivity index (χ1v) is 8.01. The number of nitrogens with one attached hydrogen (secondary N) is 3. The molecular weight excluding hydrogens is 290 g/mol. The van der Waals surface area contributed by atoms with Gasteiger partial charge in [-0.25, -0.2) is 26.9 Å². The molecule has 1 aromatic rings. The summed E-state index contributed by atoms with van der Waals surface area (Å²) >= 11 is 0. The van der Waals surface area contributed by atoms with Crippen molar-refractivity contribution < 1.29 is 17.2 Å². The van der Waals surface area contributed by atoms with E-state index in [0.29, 0.717) is 6.54 Å². The predicted molar refractivity (Wildman–Crippen MR) is 74.3 cm³/mol. The molecule has 0 aliphatic heterocycles. The smallest absolute Gasteiger partial charge is 0.208 e. The minimum atomic E-state index is -3.29. The summed E-state index contributed by atoms with van der Waals surface area (Å²) in [6.07, 6.45) is 1.80. The van der Waals surface area contributed by atoms with Gasteiger partial charge in [0.1, 0.15) is 0 Å². The van der Waals surface area contributed by atoms with E-state index in [0.717, 1.165) is 18.7 Å². The average molecular weight is 308 g/mol. The Morgan fingerprint density at radius 1 is 1.10 bits per heavy atom. The third-order valence-electron chi connectivity index (χ3n) is 2.25. The summed E-state index contributed by atoms with van der Waals surface area (Å²) in [5.74, 6) is -1.76. The summed E-state index contributed by atoms with van der Waals surface area (Å²) in [5.41, 5.74) is 0. The molecule has 20 heavy (non-hydrogen) atoms. The number of nitrogens with zero attached hydrogens (tertiary/aromatic N) is 1. The van der Waals surface area contributed by atoms with E-state index in [1.54, 1.807) is 0 Å². The lowest BCUT2D eigenvalue weighted by atomic mass is 10.3. The van der Waals surface area contributed by atoms with Crippen LogP contribution >= 0.6 is 0 Å². The Morgan fingerprint density at radius 3 is 2.15 bits per heavy atom. The van der Waals surface area contributed by atoms with Crippen LogP contribution in [0.2, 0.25) is 0 Å². The van der Waals surface area contributed by atoms with E-state index < -0.39 is 21.7 Å². The van der Waals surface area contributed by atoms with Crippen molar-refractivity contribution >= 4 is 21.7 Å². The normalized spacial score (nSPS) is 11.4. The van der Waals surface area contributed by atoms with E-state index in [-0.39, 0.29) is 24.7 Å². The number of sulfonamides is 1. The van der Waals surface area contributed by atoms with Crippen LogP contribution in [0.1, 0.15) is 13.3 Å². The molecule has 0 bridgehead atoms. The maximum atomic E-state index is 13.5. The second-order valence-electron chi connectivity index (χ2n) is 4.17. The van der Waals surface area contributed by atoms with Gasteiger partial charge in [0.25, 0.3) is 0 Å². The Morgan fingerprint density at radius 2 is 1.65 bits per heavy atom. The molecule has 9 heteroatoms. The number of rotatable bonds is 8. The fourth-order valence-corrected chi connectivity index (χ4v) is 1.85. The standard InChI is InChI=1S/C11H18F2N4O2S/c1-3-4-14-10-8(12)7-9(13)11(17-10)15-5-6-16-20(2,18)19/h7,16H,3-6H2,1-2H3,(H2,14,15,17). The molecule has 114 valence electrons. The SMILES string of the molecule is CCCNc1nc(NCCNS(C)(=O)=O)c(F)cc1F.